The van der Waals surface area contributed by atoms with Crippen molar-refractivity contribution in [2.24, 2.45) is 0 Å². The average Bonchev–Trinajstić information content (AvgIpc) is 2.29. The predicted octanol–water partition coefficient (Wildman–Crippen LogP) is 2.78. The number of benzene rings is 1. The lowest BCUT2D eigenvalue weighted by atomic mass is 9.92. The van der Waals surface area contributed by atoms with E-state index in [0.29, 0.717) is 11.6 Å². The lowest BCUT2D eigenvalue weighted by molar-refractivity contribution is 0.109. The summed E-state index contributed by atoms with van der Waals surface area (Å²) in [5.41, 5.74) is 0.701. The van der Waals surface area contributed by atoms with E-state index in [1.54, 1.807) is 6.07 Å². The van der Waals surface area contributed by atoms with E-state index in [-0.39, 0.29) is 18.0 Å². The average molecular weight is 237 g/mol. The molecule has 1 fully saturated rings. The first-order valence-corrected chi connectivity index (χ1v) is 6.35. The van der Waals surface area contributed by atoms with Crippen LogP contribution in [-0.4, -0.2) is 17.3 Å². The maximum atomic E-state index is 13.6. The first kappa shape index (κ1) is 12.5. The van der Waals surface area contributed by atoms with E-state index in [0.717, 1.165) is 25.7 Å². The highest BCUT2D eigenvalue weighted by atomic mass is 19.1. The number of aliphatic hydroxyl groups is 1. The largest absolute Gasteiger partial charge is 0.393 e. The molecule has 94 valence electrons. The summed E-state index contributed by atoms with van der Waals surface area (Å²) in [5.74, 6) is -0.163. The van der Waals surface area contributed by atoms with Crippen LogP contribution in [0.15, 0.2) is 24.3 Å². The van der Waals surface area contributed by atoms with Gasteiger partial charge in [0.15, 0.2) is 0 Å². The van der Waals surface area contributed by atoms with Gasteiger partial charge >= 0.3 is 0 Å². The van der Waals surface area contributed by atoms with E-state index in [1.807, 2.05) is 19.1 Å². The van der Waals surface area contributed by atoms with Gasteiger partial charge in [0.05, 0.1) is 6.10 Å². The molecule has 0 amide bonds. The van der Waals surface area contributed by atoms with Gasteiger partial charge < -0.3 is 10.4 Å². The van der Waals surface area contributed by atoms with Gasteiger partial charge in [-0.3, -0.25) is 0 Å². The maximum absolute atomic E-state index is 13.6. The quantitative estimate of drug-likeness (QED) is 0.847. The molecular formula is C14H20FNO. The van der Waals surface area contributed by atoms with Gasteiger partial charge in [-0.1, -0.05) is 18.2 Å². The minimum atomic E-state index is -0.200. The molecule has 1 aliphatic carbocycles. The number of hydrogen-bond acceptors (Lipinski definition) is 2. The van der Waals surface area contributed by atoms with Crippen LogP contribution >= 0.6 is 0 Å². The lowest BCUT2D eigenvalue weighted by Crippen LogP contribution is -2.37. The molecule has 3 atom stereocenters. The Kier molecular flexibility index (Phi) is 4.13. The highest BCUT2D eigenvalue weighted by Gasteiger charge is 2.22. The lowest BCUT2D eigenvalue weighted by Gasteiger charge is -2.29. The zero-order chi connectivity index (χ0) is 12.3. The fourth-order valence-corrected chi connectivity index (χ4v) is 2.58. The minimum Gasteiger partial charge on any atom is -0.393 e. The Morgan fingerprint density at radius 1 is 1.35 bits per heavy atom. The Hall–Kier alpha value is -0.930. The van der Waals surface area contributed by atoms with Crippen molar-refractivity contribution >= 4 is 0 Å². The Bertz CT molecular complexity index is 369. The Labute approximate surface area is 102 Å². The van der Waals surface area contributed by atoms with E-state index in [1.165, 1.54) is 6.07 Å². The SMILES string of the molecule is CC(NC1CCCC(O)C1)c1ccccc1F. The summed E-state index contributed by atoms with van der Waals surface area (Å²) in [6, 6.07) is 7.15. The van der Waals surface area contributed by atoms with Crippen molar-refractivity contribution in [3.05, 3.63) is 35.6 Å². The molecule has 0 aliphatic heterocycles. The summed E-state index contributed by atoms with van der Waals surface area (Å²) in [6.45, 7) is 1.97. The van der Waals surface area contributed by atoms with Crippen LogP contribution in [0.25, 0.3) is 0 Å². The molecule has 17 heavy (non-hydrogen) atoms. The molecule has 3 unspecified atom stereocenters. The summed E-state index contributed by atoms with van der Waals surface area (Å²) in [6.07, 6.45) is 3.58. The zero-order valence-electron chi connectivity index (χ0n) is 10.2. The predicted molar refractivity (Wildman–Crippen MR) is 66.2 cm³/mol. The molecule has 2 rings (SSSR count). The van der Waals surface area contributed by atoms with Crippen LogP contribution in [0, 0.1) is 5.82 Å². The molecule has 2 N–H and O–H groups in total. The molecule has 0 bridgehead atoms. The summed E-state index contributed by atoms with van der Waals surface area (Å²) >= 11 is 0. The normalized spacial score (nSPS) is 26.8. The molecule has 0 heterocycles. The molecule has 0 saturated heterocycles. The van der Waals surface area contributed by atoms with Gasteiger partial charge in [0.25, 0.3) is 0 Å². The fraction of sp³-hybridized carbons (Fsp3) is 0.571. The number of nitrogens with one attached hydrogen (secondary N) is 1. The molecule has 3 heteroatoms. The van der Waals surface area contributed by atoms with Crippen LogP contribution in [0.1, 0.15) is 44.2 Å². The summed E-state index contributed by atoms with van der Waals surface area (Å²) in [5, 5.41) is 13.0. The van der Waals surface area contributed by atoms with Gasteiger partial charge in [-0.2, -0.15) is 0 Å². The molecule has 1 aromatic carbocycles. The standard InChI is InChI=1S/C14H20FNO/c1-10(13-7-2-3-8-14(13)15)16-11-5-4-6-12(17)9-11/h2-3,7-8,10-12,16-17H,4-6,9H2,1H3. The molecule has 2 nitrogen and oxygen atoms in total. The monoisotopic (exact) mass is 237 g/mol. The summed E-state index contributed by atoms with van der Waals surface area (Å²) in [7, 11) is 0. The molecule has 0 radical (unpaired) electrons. The summed E-state index contributed by atoms with van der Waals surface area (Å²) < 4.78 is 13.6. The van der Waals surface area contributed by atoms with E-state index in [2.05, 4.69) is 5.32 Å². The van der Waals surface area contributed by atoms with Gasteiger partial charge in [0.2, 0.25) is 0 Å². The van der Waals surface area contributed by atoms with Crippen LogP contribution in [0.5, 0.6) is 0 Å². The third-order valence-corrected chi connectivity index (χ3v) is 3.50. The van der Waals surface area contributed by atoms with E-state index < -0.39 is 0 Å². The molecule has 1 saturated carbocycles. The van der Waals surface area contributed by atoms with Crippen molar-refractivity contribution in [2.45, 2.75) is 50.8 Å². The minimum absolute atomic E-state index is 0.00787. The molecule has 1 aromatic rings. The number of hydrogen-bond donors (Lipinski definition) is 2. The van der Waals surface area contributed by atoms with Crippen molar-refractivity contribution in [2.75, 3.05) is 0 Å². The molecule has 0 aromatic heterocycles. The Morgan fingerprint density at radius 3 is 2.82 bits per heavy atom. The van der Waals surface area contributed by atoms with Crippen LogP contribution in [-0.2, 0) is 0 Å². The third-order valence-electron chi connectivity index (χ3n) is 3.50. The van der Waals surface area contributed by atoms with E-state index in [9.17, 15) is 9.50 Å². The van der Waals surface area contributed by atoms with E-state index >= 15 is 0 Å². The van der Waals surface area contributed by atoms with Crippen LogP contribution in [0.2, 0.25) is 0 Å². The number of rotatable bonds is 3. The van der Waals surface area contributed by atoms with Gasteiger partial charge in [-0.05, 0) is 38.7 Å². The second-order valence-corrected chi connectivity index (χ2v) is 4.93. The first-order chi connectivity index (χ1) is 8.16. The third kappa shape index (κ3) is 3.27. The van der Waals surface area contributed by atoms with Gasteiger partial charge in [0.1, 0.15) is 5.82 Å². The Balaban J connectivity index is 1.97. The van der Waals surface area contributed by atoms with Crippen molar-refractivity contribution in [1.82, 2.24) is 5.32 Å². The Morgan fingerprint density at radius 2 is 2.12 bits per heavy atom. The molecule has 1 aliphatic rings. The van der Waals surface area contributed by atoms with Crippen LogP contribution in [0.3, 0.4) is 0 Å². The van der Waals surface area contributed by atoms with Crippen LogP contribution < -0.4 is 5.32 Å². The topological polar surface area (TPSA) is 32.3 Å². The van der Waals surface area contributed by atoms with Crippen molar-refractivity contribution in [3.8, 4) is 0 Å². The second kappa shape index (κ2) is 5.61. The zero-order valence-corrected chi connectivity index (χ0v) is 10.2. The summed E-state index contributed by atoms with van der Waals surface area (Å²) in [4.78, 5) is 0. The number of halogens is 1. The smallest absolute Gasteiger partial charge is 0.127 e. The molecule has 0 spiro atoms. The van der Waals surface area contributed by atoms with Gasteiger partial charge in [0, 0.05) is 17.6 Å². The van der Waals surface area contributed by atoms with Crippen LogP contribution in [0.4, 0.5) is 4.39 Å². The van der Waals surface area contributed by atoms with Crippen molar-refractivity contribution < 1.29 is 9.50 Å². The molecular weight excluding hydrogens is 217 g/mol. The first-order valence-electron chi connectivity index (χ1n) is 6.35. The number of aliphatic hydroxyl groups excluding tert-OH is 1. The second-order valence-electron chi connectivity index (χ2n) is 4.93. The fourth-order valence-electron chi connectivity index (χ4n) is 2.58. The highest BCUT2D eigenvalue weighted by Crippen LogP contribution is 2.23. The van der Waals surface area contributed by atoms with Crippen molar-refractivity contribution in [1.29, 1.82) is 0 Å². The van der Waals surface area contributed by atoms with Crippen molar-refractivity contribution in [3.63, 3.8) is 0 Å². The maximum Gasteiger partial charge on any atom is 0.127 e. The van der Waals surface area contributed by atoms with Gasteiger partial charge in [-0.15, -0.1) is 0 Å². The van der Waals surface area contributed by atoms with E-state index in [4.69, 9.17) is 0 Å². The van der Waals surface area contributed by atoms with Gasteiger partial charge in [-0.25, -0.2) is 4.39 Å². The highest BCUT2D eigenvalue weighted by molar-refractivity contribution is 5.20.